The molecule has 0 aliphatic carbocycles. The Morgan fingerprint density at radius 3 is 2.32 bits per heavy atom. The van der Waals surface area contributed by atoms with Crippen LogP contribution in [-0.4, -0.2) is 4.57 Å². The third kappa shape index (κ3) is 1.69. The van der Waals surface area contributed by atoms with Gasteiger partial charge in [0, 0.05) is 12.3 Å². The molecule has 0 spiro atoms. The molecule has 0 N–H and O–H groups in total. The van der Waals surface area contributed by atoms with Crippen LogP contribution in [0.2, 0.25) is 0 Å². The van der Waals surface area contributed by atoms with Crippen molar-refractivity contribution in [2.75, 3.05) is 0 Å². The van der Waals surface area contributed by atoms with Gasteiger partial charge in [0.25, 0.3) is 0 Å². The topological polar surface area (TPSA) is 4.93 Å². The van der Waals surface area contributed by atoms with E-state index in [1.54, 1.807) is 30.3 Å². The molecule has 96 valence electrons. The summed E-state index contributed by atoms with van der Waals surface area (Å²) in [6.45, 7) is 0. The number of halogens is 4. The molecule has 5 heteroatoms. The van der Waals surface area contributed by atoms with Gasteiger partial charge in [-0.25, -0.2) is 17.6 Å². The molecule has 2 aromatic carbocycles. The summed E-state index contributed by atoms with van der Waals surface area (Å²) in [6, 6.07) is 9.27. The predicted molar refractivity (Wildman–Crippen MR) is 63.1 cm³/mol. The summed E-state index contributed by atoms with van der Waals surface area (Å²) < 4.78 is 54.4. The quantitative estimate of drug-likeness (QED) is 0.353. The van der Waals surface area contributed by atoms with Gasteiger partial charge >= 0.3 is 0 Å². The Kier molecular flexibility index (Phi) is 2.55. The smallest absolute Gasteiger partial charge is 0.199 e. The molecule has 1 aromatic heterocycles. The second kappa shape index (κ2) is 4.12. The zero-order chi connectivity index (χ0) is 13.6. The van der Waals surface area contributed by atoms with Gasteiger partial charge in [-0.05, 0) is 17.5 Å². The lowest BCUT2D eigenvalue weighted by Crippen LogP contribution is -2.03. The number of rotatable bonds is 1. The molecular formula is C14H7F4N. The van der Waals surface area contributed by atoms with Crippen molar-refractivity contribution in [1.82, 2.24) is 4.57 Å². The molecule has 0 amide bonds. The van der Waals surface area contributed by atoms with Crippen LogP contribution in [0, 0.1) is 23.3 Å². The number of aromatic nitrogens is 1. The summed E-state index contributed by atoms with van der Waals surface area (Å²) in [4.78, 5) is 0. The molecule has 0 bridgehead atoms. The zero-order valence-corrected chi connectivity index (χ0v) is 9.50. The summed E-state index contributed by atoms with van der Waals surface area (Å²) in [7, 11) is 0. The minimum atomic E-state index is -1.81. The van der Waals surface area contributed by atoms with Gasteiger partial charge in [0.15, 0.2) is 23.3 Å². The molecule has 0 atom stereocenters. The number of nitrogens with zero attached hydrogens (tertiary/aromatic N) is 1. The van der Waals surface area contributed by atoms with Crippen LogP contribution in [0.25, 0.3) is 16.6 Å². The van der Waals surface area contributed by atoms with Crippen LogP contribution in [0.15, 0.2) is 42.6 Å². The van der Waals surface area contributed by atoms with Gasteiger partial charge in [-0.3, -0.25) is 0 Å². The van der Waals surface area contributed by atoms with E-state index in [-0.39, 0.29) is 5.69 Å². The van der Waals surface area contributed by atoms with Crippen LogP contribution in [-0.2, 0) is 0 Å². The average molecular weight is 265 g/mol. The van der Waals surface area contributed by atoms with E-state index in [0.29, 0.717) is 11.6 Å². The third-order valence-electron chi connectivity index (χ3n) is 2.94. The number of fused-ring (bicyclic) bond motifs is 1. The second-order valence-corrected chi connectivity index (χ2v) is 4.06. The summed E-state index contributed by atoms with van der Waals surface area (Å²) in [5.41, 5.74) is 0.212. The van der Waals surface area contributed by atoms with Crippen LogP contribution in [0.1, 0.15) is 0 Å². The maximum Gasteiger partial charge on any atom is 0.199 e. The van der Waals surface area contributed by atoms with E-state index in [1.165, 1.54) is 10.8 Å². The van der Waals surface area contributed by atoms with Crippen molar-refractivity contribution in [3.8, 4) is 5.69 Å². The van der Waals surface area contributed by atoms with Gasteiger partial charge in [0.1, 0.15) is 0 Å². The molecule has 1 nitrogen and oxygen atoms in total. The first-order valence-corrected chi connectivity index (χ1v) is 5.49. The Hall–Kier alpha value is -2.30. The molecule has 0 unspecified atom stereocenters. The zero-order valence-electron chi connectivity index (χ0n) is 9.50. The maximum absolute atomic E-state index is 13.7. The van der Waals surface area contributed by atoms with Crippen molar-refractivity contribution in [1.29, 1.82) is 0 Å². The lowest BCUT2D eigenvalue weighted by Gasteiger charge is -2.08. The van der Waals surface area contributed by atoms with Crippen LogP contribution in [0.4, 0.5) is 17.6 Å². The molecule has 0 aliphatic heterocycles. The Bertz CT molecular complexity index is 776. The highest BCUT2D eigenvalue weighted by Gasteiger charge is 2.20. The highest BCUT2D eigenvalue weighted by Crippen LogP contribution is 2.26. The Balaban J connectivity index is 2.34. The van der Waals surface area contributed by atoms with Crippen molar-refractivity contribution in [2.45, 2.75) is 0 Å². The van der Waals surface area contributed by atoms with Crippen molar-refractivity contribution >= 4 is 10.9 Å². The lowest BCUT2D eigenvalue weighted by atomic mass is 10.2. The fourth-order valence-corrected chi connectivity index (χ4v) is 2.03. The largest absolute Gasteiger partial charge is 0.314 e. The van der Waals surface area contributed by atoms with E-state index >= 15 is 0 Å². The maximum atomic E-state index is 13.7. The highest BCUT2D eigenvalue weighted by molar-refractivity contribution is 5.81. The van der Waals surface area contributed by atoms with Gasteiger partial charge in [-0.2, -0.15) is 0 Å². The van der Waals surface area contributed by atoms with Crippen molar-refractivity contribution in [3.63, 3.8) is 0 Å². The SMILES string of the molecule is Fc1cc(-n2ccc3ccccc32)c(F)c(F)c1F. The van der Waals surface area contributed by atoms with Gasteiger partial charge < -0.3 is 4.57 Å². The summed E-state index contributed by atoms with van der Waals surface area (Å²) in [6.07, 6.45) is 1.47. The number of para-hydroxylation sites is 1. The molecule has 0 saturated heterocycles. The highest BCUT2D eigenvalue weighted by atomic mass is 19.2. The number of hydrogen-bond acceptors (Lipinski definition) is 0. The van der Waals surface area contributed by atoms with Crippen molar-refractivity contribution < 1.29 is 17.6 Å². The van der Waals surface area contributed by atoms with Crippen LogP contribution >= 0.6 is 0 Å². The first kappa shape index (κ1) is 11.8. The monoisotopic (exact) mass is 265 g/mol. The summed E-state index contributed by atoms with van der Waals surface area (Å²) >= 11 is 0. The molecule has 0 fully saturated rings. The standard InChI is InChI=1S/C14H7F4N/c15-9-7-11(13(17)14(18)12(9)16)19-6-5-8-3-1-2-4-10(8)19/h1-7H. The minimum Gasteiger partial charge on any atom is -0.314 e. The summed E-state index contributed by atoms with van der Waals surface area (Å²) in [5.74, 6) is -6.46. The van der Waals surface area contributed by atoms with E-state index in [0.717, 1.165) is 5.39 Å². The number of hydrogen-bond donors (Lipinski definition) is 0. The van der Waals surface area contributed by atoms with Crippen molar-refractivity contribution in [3.05, 3.63) is 65.9 Å². The Labute approximate surface area is 105 Å². The van der Waals surface area contributed by atoms with E-state index in [9.17, 15) is 17.6 Å². The van der Waals surface area contributed by atoms with E-state index < -0.39 is 23.3 Å². The minimum absolute atomic E-state index is 0.363. The Morgan fingerprint density at radius 2 is 1.53 bits per heavy atom. The van der Waals surface area contributed by atoms with E-state index in [4.69, 9.17) is 0 Å². The molecule has 3 aromatic rings. The number of benzene rings is 2. The summed E-state index contributed by atoms with van der Waals surface area (Å²) in [5, 5.41) is 0.784. The van der Waals surface area contributed by atoms with Crippen LogP contribution in [0.3, 0.4) is 0 Å². The first-order chi connectivity index (χ1) is 9.09. The predicted octanol–water partition coefficient (Wildman–Crippen LogP) is 4.19. The van der Waals surface area contributed by atoms with E-state index in [2.05, 4.69) is 0 Å². The van der Waals surface area contributed by atoms with Crippen LogP contribution in [0.5, 0.6) is 0 Å². The average Bonchev–Trinajstić information content (AvgIpc) is 2.84. The fraction of sp³-hybridized carbons (Fsp3) is 0. The third-order valence-corrected chi connectivity index (χ3v) is 2.94. The molecule has 0 saturated carbocycles. The molecule has 1 heterocycles. The Morgan fingerprint density at radius 1 is 0.789 bits per heavy atom. The lowest BCUT2D eigenvalue weighted by molar-refractivity contribution is 0.407. The molecule has 3 rings (SSSR count). The second-order valence-electron chi connectivity index (χ2n) is 4.06. The molecule has 19 heavy (non-hydrogen) atoms. The van der Waals surface area contributed by atoms with E-state index in [1.807, 2.05) is 0 Å². The van der Waals surface area contributed by atoms with Gasteiger partial charge in [-0.15, -0.1) is 0 Å². The van der Waals surface area contributed by atoms with Gasteiger partial charge in [0.2, 0.25) is 0 Å². The van der Waals surface area contributed by atoms with Gasteiger partial charge in [-0.1, -0.05) is 18.2 Å². The molecular weight excluding hydrogens is 258 g/mol. The van der Waals surface area contributed by atoms with Crippen molar-refractivity contribution in [2.24, 2.45) is 0 Å². The van der Waals surface area contributed by atoms with Crippen LogP contribution < -0.4 is 0 Å². The normalized spacial score (nSPS) is 11.2. The van der Waals surface area contributed by atoms with Gasteiger partial charge in [0.05, 0.1) is 11.2 Å². The fourth-order valence-electron chi connectivity index (χ4n) is 2.03. The first-order valence-electron chi connectivity index (χ1n) is 5.49. The molecule has 0 aliphatic rings. The molecule has 0 radical (unpaired) electrons.